The molecule has 0 aromatic heterocycles. The van der Waals surface area contributed by atoms with Gasteiger partial charge in [-0.2, -0.15) is 0 Å². The van der Waals surface area contributed by atoms with Crippen LogP contribution in [0.4, 0.5) is 0 Å². The van der Waals surface area contributed by atoms with Crippen molar-refractivity contribution in [1.82, 2.24) is 4.57 Å². The van der Waals surface area contributed by atoms with Gasteiger partial charge in [-0.15, -0.1) is 0 Å². The van der Waals surface area contributed by atoms with Crippen molar-refractivity contribution >= 4 is 22.3 Å². The quantitative estimate of drug-likeness (QED) is 0.641. The van der Waals surface area contributed by atoms with Crippen LogP contribution in [-0.4, -0.2) is 37.8 Å². The Morgan fingerprint density at radius 2 is 1.54 bits per heavy atom. The fraction of sp³-hybridized carbons (Fsp3) is 0.889. The zero-order valence-electron chi connectivity index (χ0n) is 10.1. The van der Waals surface area contributed by atoms with Crippen molar-refractivity contribution in [3.05, 3.63) is 0 Å². The summed E-state index contributed by atoms with van der Waals surface area (Å²) >= 11 is 0. The van der Waals surface area contributed by atoms with Gasteiger partial charge < -0.3 is 0 Å². The van der Waals surface area contributed by atoms with Crippen LogP contribution in [0.15, 0.2) is 0 Å². The molecular formula is C9H23N2Si2+. The summed E-state index contributed by atoms with van der Waals surface area (Å²) in [6.45, 7) is 18.0. The van der Waals surface area contributed by atoms with Gasteiger partial charge in [-0.25, -0.2) is 0 Å². The van der Waals surface area contributed by atoms with E-state index < -0.39 is 16.5 Å². The zero-order chi connectivity index (χ0) is 10.4. The van der Waals surface area contributed by atoms with Crippen LogP contribution in [0.25, 0.3) is 0 Å². The van der Waals surface area contributed by atoms with Crippen molar-refractivity contribution in [1.29, 1.82) is 0 Å². The van der Waals surface area contributed by atoms with Gasteiger partial charge in [0.15, 0.2) is 6.67 Å². The molecule has 4 heteroatoms. The first-order chi connectivity index (χ1) is 5.64. The molecule has 0 radical (unpaired) electrons. The molecule has 76 valence electrons. The predicted octanol–water partition coefficient (Wildman–Crippen LogP) is 2.36. The third-order valence-electron chi connectivity index (χ3n) is 2.68. The number of hydrogen-bond donors (Lipinski definition) is 0. The van der Waals surface area contributed by atoms with Gasteiger partial charge in [0.2, 0.25) is 5.84 Å². The number of nitrogens with zero attached hydrogens (tertiary/aromatic N) is 2. The van der Waals surface area contributed by atoms with E-state index in [0.717, 1.165) is 0 Å². The summed E-state index contributed by atoms with van der Waals surface area (Å²) in [5, 5.41) is 0. The Hall–Kier alpha value is -0.0962. The molecule has 1 rings (SSSR count). The fourth-order valence-corrected chi connectivity index (χ4v) is 5.36. The van der Waals surface area contributed by atoms with Crippen molar-refractivity contribution in [2.75, 3.05) is 6.67 Å². The van der Waals surface area contributed by atoms with E-state index in [2.05, 4.69) is 55.0 Å². The lowest BCUT2D eigenvalue weighted by Gasteiger charge is -2.41. The van der Waals surface area contributed by atoms with Crippen LogP contribution in [0.1, 0.15) is 6.92 Å². The van der Waals surface area contributed by atoms with Crippen molar-refractivity contribution in [2.24, 2.45) is 0 Å². The number of amidine groups is 1. The van der Waals surface area contributed by atoms with E-state index in [9.17, 15) is 0 Å². The lowest BCUT2D eigenvalue weighted by Crippen LogP contribution is -2.67. The molecule has 0 amide bonds. The van der Waals surface area contributed by atoms with E-state index >= 15 is 0 Å². The van der Waals surface area contributed by atoms with E-state index in [-0.39, 0.29) is 0 Å². The minimum Gasteiger partial charge on any atom is -0.282 e. The van der Waals surface area contributed by atoms with Gasteiger partial charge in [0.1, 0.15) is 0 Å². The topological polar surface area (TPSA) is 6.25 Å². The summed E-state index contributed by atoms with van der Waals surface area (Å²) < 4.78 is 5.23. The molecule has 0 atom stereocenters. The second-order valence-electron chi connectivity index (χ2n) is 5.89. The molecule has 0 aromatic carbocycles. The highest BCUT2D eigenvalue weighted by Crippen LogP contribution is 2.20. The largest absolute Gasteiger partial charge is 0.282 e. The van der Waals surface area contributed by atoms with Crippen molar-refractivity contribution in [3.63, 3.8) is 0 Å². The molecular weight excluding hydrogens is 192 g/mol. The van der Waals surface area contributed by atoms with Gasteiger partial charge in [-0.1, -0.05) is 0 Å². The average molecular weight is 215 g/mol. The molecule has 1 heterocycles. The Kier molecular flexibility index (Phi) is 2.49. The molecule has 13 heavy (non-hydrogen) atoms. The highest BCUT2D eigenvalue weighted by atomic mass is 28.3. The van der Waals surface area contributed by atoms with Crippen LogP contribution in [0.3, 0.4) is 0 Å². The number of hydrogen-bond acceptors (Lipinski definition) is 1. The lowest BCUT2D eigenvalue weighted by atomic mass is 10.6. The molecule has 1 aliphatic rings. The third-order valence-corrected chi connectivity index (χ3v) is 6.85. The summed E-state index contributed by atoms with van der Waals surface area (Å²) in [4.78, 5) is 0. The Bertz CT molecular complexity index is 245. The molecule has 0 fully saturated rings. The van der Waals surface area contributed by atoms with Gasteiger partial charge >= 0.3 is 0 Å². The molecule has 0 aromatic rings. The highest BCUT2D eigenvalue weighted by molar-refractivity contribution is 6.76. The molecule has 0 unspecified atom stereocenters. The maximum atomic E-state index is 2.62. The van der Waals surface area contributed by atoms with Crippen molar-refractivity contribution < 1.29 is 4.24 Å². The normalized spacial score (nSPS) is 19.2. The maximum absolute atomic E-state index is 2.62. The third kappa shape index (κ3) is 2.04. The van der Waals surface area contributed by atoms with E-state index in [4.69, 9.17) is 0 Å². The van der Waals surface area contributed by atoms with Crippen LogP contribution < -0.4 is 0 Å². The highest BCUT2D eigenvalue weighted by Gasteiger charge is 2.45. The van der Waals surface area contributed by atoms with Gasteiger partial charge in [0.25, 0.3) is 16.5 Å². The summed E-state index contributed by atoms with van der Waals surface area (Å²) in [6, 6.07) is 0. The monoisotopic (exact) mass is 215 g/mol. The lowest BCUT2D eigenvalue weighted by molar-refractivity contribution is -0.462. The molecule has 2 nitrogen and oxygen atoms in total. The minimum atomic E-state index is -1.08. The molecule has 1 aliphatic heterocycles. The summed E-state index contributed by atoms with van der Waals surface area (Å²) in [6.07, 6.45) is 0. The van der Waals surface area contributed by atoms with Crippen LogP contribution in [0, 0.1) is 0 Å². The molecule has 0 aliphatic carbocycles. The zero-order valence-corrected chi connectivity index (χ0v) is 12.1. The standard InChI is InChI=1S/C9H23N2Si2/c1-9-10(12(2,3)4)8-11(9)13(5,6)7/h8H2,1-7H3/q+1. The van der Waals surface area contributed by atoms with Crippen LogP contribution in [-0.2, 0) is 0 Å². The Morgan fingerprint density at radius 3 is 1.77 bits per heavy atom. The van der Waals surface area contributed by atoms with Gasteiger partial charge in [-0.3, -0.25) is 8.81 Å². The Morgan fingerprint density at radius 1 is 1.08 bits per heavy atom. The minimum absolute atomic E-state index is 1.08. The van der Waals surface area contributed by atoms with E-state index in [1.165, 1.54) is 12.5 Å². The first-order valence-corrected chi connectivity index (χ1v) is 11.9. The molecule has 0 bridgehead atoms. The molecule has 0 N–H and O–H groups in total. The molecule has 0 saturated carbocycles. The number of rotatable bonds is 2. The van der Waals surface area contributed by atoms with Gasteiger partial charge in [-0.05, 0) is 39.3 Å². The smallest absolute Gasteiger partial charge is 0.256 e. The fourth-order valence-electron chi connectivity index (χ4n) is 1.81. The predicted molar refractivity (Wildman–Crippen MR) is 64.3 cm³/mol. The van der Waals surface area contributed by atoms with E-state index in [1.54, 1.807) is 0 Å². The average Bonchev–Trinajstić information content (AvgIpc) is 1.77. The SMILES string of the molecule is CC1=[N+]([Si](C)(C)C)CN1[Si](C)(C)C. The summed E-state index contributed by atoms with van der Waals surface area (Å²) in [7, 11) is -2.16. The van der Waals surface area contributed by atoms with Crippen molar-refractivity contribution in [3.8, 4) is 0 Å². The van der Waals surface area contributed by atoms with E-state index in [0.29, 0.717) is 0 Å². The molecule has 0 saturated heterocycles. The Balaban J connectivity index is 2.83. The van der Waals surface area contributed by atoms with Crippen molar-refractivity contribution in [2.45, 2.75) is 46.2 Å². The van der Waals surface area contributed by atoms with E-state index in [1.807, 2.05) is 0 Å². The summed E-state index contributed by atoms with van der Waals surface area (Å²) in [5.74, 6) is 1.53. The second-order valence-corrected chi connectivity index (χ2v) is 15.6. The first kappa shape index (κ1) is 11.0. The van der Waals surface area contributed by atoms with Crippen LogP contribution >= 0.6 is 0 Å². The maximum Gasteiger partial charge on any atom is 0.256 e. The first-order valence-electron chi connectivity index (χ1n) is 5.03. The second kappa shape index (κ2) is 2.95. The summed E-state index contributed by atoms with van der Waals surface area (Å²) in [5.41, 5.74) is 0. The van der Waals surface area contributed by atoms with Crippen LogP contribution in [0.2, 0.25) is 39.3 Å². The van der Waals surface area contributed by atoms with Crippen LogP contribution in [0.5, 0.6) is 0 Å². The molecule has 0 spiro atoms. The Labute approximate surface area is 84.4 Å². The van der Waals surface area contributed by atoms with Gasteiger partial charge in [0.05, 0.1) is 0 Å². The van der Waals surface area contributed by atoms with Gasteiger partial charge in [0, 0.05) is 6.92 Å².